The van der Waals surface area contributed by atoms with Crippen LogP contribution in [0, 0.1) is 12.7 Å². The molecule has 4 heterocycles. The number of pyridine rings is 1. The highest BCUT2D eigenvalue weighted by Gasteiger charge is 2.41. The van der Waals surface area contributed by atoms with E-state index in [0.717, 1.165) is 5.56 Å². The molecule has 2 aromatic heterocycles. The molecule has 0 N–H and O–H groups in total. The molecule has 0 bridgehead atoms. The minimum Gasteiger partial charge on any atom is -0.347 e. The summed E-state index contributed by atoms with van der Waals surface area (Å²) in [7, 11) is 0. The number of aromatic nitrogens is 4. The van der Waals surface area contributed by atoms with Crippen LogP contribution in [-0.2, 0) is 9.47 Å². The molecule has 5 rings (SSSR count). The minimum absolute atomic E-state index is 0.204. The lowest BCUT2D eigenvalue weighted by Crippen LogP contribution is -2.47. The average molecular weight is 423 g/mol. The van der Waals surface area contributed by atoms with Crippen LogP contribution in [0.3, 0.4) is 0 Å². The Balaban J connectivity index is 1.51. The number of halogens is 1. The van der Waals surface area contributed by atoms with E-state index in [1.807, 2.05) is 0 Å². The Hall–Kier alpha value is -3.17. The van der Waals surface area contributed by atoms with Gasteiger partial charge in [0.25, 0.3) is 5.91 Å². The zero-order chi connectivity index (χ0) is 21.4. The Morgan fingerprint density at radius 2 is 1.81 bits per heavy atom. The lowest BCUT2D eigenvalue weighted by molar-refractivity contribution is -0.181. The first-order chi connectivity index (χ1) is 15.1. The van der Waals surface area contributed by atoms with Crippen molar-refractivity contribution in [2.24, 2.45) is 0 Å². The first kappa shape index (κ1) is 19.8. The summed E-state index contributed by atoms with van der Waals surface area (Å²) in [6, 6.07) is 8.29. The molecule has 0 aliphatic carbocycles. The van der Waals surface area contributed by atoms with Crippen LogP contribution >= 0.6 is 0 Å². The van der Waals surface area contributed by atoms with Gasteiger partial charge in [-0.25, -0.2) is 9.07 Å². The van der Waals surface area contributed by atoms with E-state index in [9.17, 15) is 9.18 Å². The van der Waals surface area contributed by atoms with E-state index in [-0.39, 0.29) is 17.4 Å². The van der Waals surface area contributed by atoms with Gasteiger partial charge in [0.1, 0.15) is 11.5 Å². The predicted octanol–water partition coefficient (Wildman–Crippen LogP) is 2.76. The maximum absolute atomic E-state index is 13.8. The van der Waals surface area contributed by atoms with Gasteiger partial charge in [-0.15, -0.1) is 5.10 Å². The summed E-state index contributed by atoms with van der Waals surface area (Å²) in [6.07, 6.45) is 4.54. The second-order valence-electron chi connectivity index (χ2n) is 7.77. The van der Waals surface area contributed by atoms with Gasteiger partial charge in [0.2, 0.25) is 0 Å². The van der Waals surface area contributed by atoms with Crippen molar-refractivity contribution in [3.63, 3.8) is 0 Å². The molecule has 2 aliphatic heterocycles. The minimum atomic E-state index is -0.562. The Labute approximate surface area is 178 Å². The van der Waals surface area contributed by atoms with Crippen molar-refractivity contribution in [3.05, 3.63) is 59.8 Å². The van der Waals surface area contributed by atoms with Gasteiger partial charge in [-0.05, 0) is 42.8 Å². The summed E-state index contributed by atoms with van der Waals surface area (Å²) in [6.45, 7) is 3.88. The molecule has 0 unspecified atom stereocenters. The van der Waals surface area contributed by atoms with Crippen LogP contribution in [-0.4, -0.2) is 62.9 Å². The molecular formula is C22H22FN5O3. The van der Waals surface area contributed by atoms with Gasteiger partial charge in [0, 0.05) is 43.9 Å². The fraction of sp³-hybridized carbons (Fsp3) is 0.364. The lowest BCUT2D eigenvalue weighted by Gasteiger charge is -2.37. The van der Waals surface area contributed by atoms with Crippen LogP contribution in [0.15, 0.2) is 42.7 Å². The SMILES string of the molecule is Cc1cc(-n2nnc(C(=O)N3CCC4(CC3)OCCO4)c2-c2ccncc2)ccc1F. The fourth-order valence-electron chi connectivity index (χ4n) is 4.12. The molecular weight excluding hydrogens is 401 g/mol. The molecule has 3 aromatic rings. The number of carbonyl (C=O) groups is 1. The van der Waals surface area contributed by atoms with E-state index in [1.165, 1.54) is 6.07 Å². The average Bonchev–Trinajstić information content (AvgIpc) is 3.44. The van der Waals surface area contributed by atoms with Gasteiger partial charge in [-0.2, -0.15) is 0 Å². The number of aryl methyl sites for hydroxylation is 1. The van der Waals surface area contributed by atoms with Crippen molar-refractivity contribution in [2.45, 2.75) is 25.6 Å². The number of ether oxygens (including phenoxy) is 2. The van der Waals surface area contributed by atoms with E-state index in [0.29, 0.717) is 56.1 Å². The zero-order valence-corrected chi connectivity index (χ0v) is 17.1. The molecule has 2 fully saturated rings. The molecule has 1 amide bonds. The van der Waals surface area contributed by atoms with Gasteiger partial charge in [-0.3, -0.25) is 9.78 Å². The van der Waals surface area contributed by atoms with Crippen LogP contribution in [0.25, 0.3) is 16.9 Å². The number of amides is 1. The summed E-state index contributed by atoms with van der Waals surface area (Å²) in [5, 5.41) is 8.48. The highest BCUT2D eigenvalue weighted by Crippen LogP contribution is 2.33. The summed E-state index contributed by atoms with van der Waals surface area (Å²) < 4.78 is 26.9. The van der Waals surface area contributed by atoms with Crippen LogP contribution in [0.2, 0.25) is 0 Å². The Bertz CT molecular complexity index is 1100. The monoisotopic (exact) mass is 423 g/mol. The van der Waals surface area contributed by atoms with Gasteiger partial charge >= 0.3 is 0 Å². The Kier molecular flexibility index (Phi) is 4.99. The standard InChI is InChI=1S/C22H22FN5O3/c1-15-14-17(2-3-18(15)23)28-20(16-4-8-24-9-5-16)19(25-26-28)21(29)27-10-6-22(7-11-27)30-12-13-31-22/h2-5,8-9,14H,6-7,10-13H2,1H3. The number of hydrogen-bond donors (Lipinski definition) is 0. The number of likely N-dealkylation sites (tertiary alicyclic amines) is 1. The summed E-state index contributed by atoms with van der Waals surface area (Å²) in [4.78, 5) is 19.2. The van der Waals surface area contributed by atoms with Gasteiger partial charge < -0.3 is 14.4 Å². The first-order valence-corrected chi connectivity index (χ1v) is 10.3. The lowest BCUT2D eigenvalue weighted by atomic mass is 10.0. The van der Waals surface area contributed by atoms with Gasteiger partial charge in [0.05, 0.1) is 18.9 Å². The molecule has 9 heteroatoms. The fourth-order valence-corrected chi connectivity index (χ4v) is 4.12. The largest absolute Gasteiger partial charge is 0.347 e. The number of hydrogen-bond acceptors (Lipinski definition) is 6. The van der Waals surface area contributed by atoms with Gasteiger partial charge in [0.15, 0.2) is 11.5 Å². The molecule has 2 aliphatic rings. The van der Waals surface area contributed by atoms with Crippen molar-refractivity contribution < 1.29 is 18.7 Å². The van der Waals surface area contributed by atoms with Crippen LogP contribution in [0.1, 0.15) is 28.9 Å². The summed E-state index contributed by atoms with van der Waals surface area (Å²) in [5.41, 5.74) is 2.66. The zero-order valence-electron chi connectivity index (χ0n) is 17.1. The van der Waals surface area contributed by atoms with E-state index < -0.39 is 5.79 Å². The van der Waals surface area contributed by atoms with Crippen molar-refractivity contribution >= 4 is 5.91 Å². The van der Waals surface area contributed by atoms with Crippen LogP contribution in [0.5, 0.6) is 0 Å². The topological polar surface area (TPSA) is 82.4 Å². The second-order valence-corrected chi connectivity index (χ2v) is 7.77. The predicted molar refractivity (Wildman–Crippen MR) is 109 cm³/mol. The van der Waals surface area contributed by atoms with E-state index in [2.05, 4.69) is 15.3 Å². The highest BCUT2D eigenvalue weighted by molar-refractivity contribution is 5.98. The normalized spacial score (nSPS) is 17.9. The number of rotatable bonds is 3. The Morgan fingerprint density at radius 3 is 2.48 bits per heavy atom. The molecule has 0 radical (unpaired) electrons. The molecule has 0 saturated carbocycles. The van der Waals surface area contributed by atoms with E-state index in [4.69, 9.17) is 9.47 Å². The van der Waals surface area contributed by atoms with E-state index >= 15 is 0 Å². The Morgan fingerprint density at radius 1 is 1.10 bits per heavy atom. The quantitative estimate of drug-likeness (QED) is 0.644. The third-order valence-electron chi connectivity index (χ3n) is 5.84. The summed E-state index contributed by atoms with van der Waals surface area (Å²) >= 11 is 0. The van der Waals surface area contributed by atoms with Crippen molar-refractivity contribution in [1.29, 1.82) is 0 Å². The first-order valence-electron chi connectivity index (χ1n) is 10.3. The van der Waals surface area contributed by atoms with Crippen molar-refractivity contribution in [2.75, 3.05) is 26.3 Å². The molecule has 0 atom stereocenters. The van der Waals surface area contributed by atoms with Crippen molar-refractivity contribution in [1.82, 2.24) is 24.9 Å². The number of nitrogens with zero attached hydrogens (tertiary/aromatic N) is 5. The molecule has 1 spiro atoms. The number of piperidine rings is 1. The van der Waals surface area contributed by atoms with E-state index in [1.54, 1.807) is 53.2 Å². The third kappa shape index (κ3) is 3.60. The molecule has 160 valence electrons. The summed E-state index contributed by atoms with van der Waals surface area (Å²) in [5.74, 6) is -1.07. The number of carbonyl (C=O) groups excluding carboxylic acids is 1. The highest BCUT2D eigenvalue weighted by atomic mass is 19.1. The molecule has 8 nitrogen and oxygen atoms in total. The smallest absolute Gasteiger partial charge is 0.276 e. The maximum atomic E-state index is 13.8. The second kappa shape index (κ2) is 7.82. The number of benzene rings is 1. The third-order valence-corrected chi connectivity index (χ3v) is 5.84. The van der Waals surface area contributed by atoms with Crippen molar-refractivity contribution in [3.8, 4) is 16.9 Å². The molecule has 1 aromatic carbocycles. The van der Waals surface area contributed by atoms with Gasteiger partial charge in [-0.1, -0.05) is 5.21 Å². The molecule has 31 heavy (non-hydrogen) atoms. The van der Waals surface area contributed by atoms with Crippen LogP contribution in [0.4, 0.5) is 4.39 Å². The maximum Gasteiger partial charge on any atom is 0.276 e. The molecule has 2 saturated heterocycles. The van der Waals surface area contributed by atoms with Crippen LogP contribution < -0.4 is 0 Å².